The van der Waals surface area contributed by atoms with Gasteiger partial charge in [0.05, 0.1) is 10.8 Å². The van der Waals surface area contributed by atoms with Crippen molar-refractivity contribution in [2.75, 3.05) is 31.6 Å². The van der Waals surface area contributed by atoms with Gasteiger partial charge in [-0.25, -0.2) is 0 Å². The van der Waals surface area contributed by atoms with E-state index in [2.05, 4.69) is 10.6 Å². The second kappa shape index (κ2) is 9.71. The minimum absolute atomic E-state index is 0.00774. The molecule has 2 rings (SSSR count). The number of para-hydroxylation sites is 2. The standard InChI is InChI=1S/C17H23N3O6/c21-16(5-8-18-14-3-1-2-4-15(14)20(24)25)19-11-13(17(22)23)12-6-9-26-10-7-12/h1-4,12-13,18H,5-11H2,(H,19,21)(H,22,23). The number of hydrogen-bond donors (Lipinski definition) is 3. The molecule has 1 saturated heterocycles. The Hall–Kier alpha value is -2.68. The topological polar surface area (TPSA) is 131 Å². The molecule has 1 fully saturated rings. The quantitative estimate of drug-likeness (QED) is 0.448. The lowest BCUT2D eigenvalue weighted by molar-refractivity contribution is -0.384. The van der Waals surface area contributed by atoms with E-state index in [1.54, 1.807) is 18.2 Å². The van der Waals surface area contributed by atoms with Gasteiger partial charge in [-0.1, -0.05) is 12.1 Å². The Morgan fingerprint density at radius 1 is 1.31 bits per heavy atom. The summed E-state index contributed by atoms with van der Waals surface area (Å²) >= 11 is 0. The van der Waals surface area contributed by atoms with Crippen molar-refractivity contribution in [3.63, 3.8) is 0 Å². The van der Waals surface area contributed by atoms with Crippen LogP contribution in [0.4, 0.5) is 11.4 Å². The summed E-state index contributed by atoms with van der Waals surface area (Å²) in [7, 11) is 0. The first-order chi connectivity index (χ1) is 12.5. The predicted octanol–water partition coefficient (Wildman–Crippen LogP) is 1.64. The van der Waals surface area contributed by atoms with Crippen LogP contribution in [0.25, 0.3) is 0 Å². The molecule has 1 heterocycles. The number of amides is 1. The fourth-order valence-electron chi connectivity index (χ4n) is 2.98. The van der Waals surface area contributed by atoms with Crippen LogP contribution in [0.2, 0.25) is 0 Å². The highest BCUT2D eigenvalue weighted by molar-refractivity contribution is 5.78. The number of rotatable bonds is 9. The molecule has 142 valence electrons. The van der Waals surface area contributed by atoms with Crippen molar-refractivity contribution in [1.82, 2.24) is 5.32 Å². The van der Waals surface area contributed by atoms with Crippen molar-refractivity contribution in [2.45, 2.75) is 19.3 Å². The molecule has 1 aliphatic heterocycles. The van der Waals surface area contributed by atoms with Gasteiger partial charge in [0.15, 0.2) is 0 Å². The first-order valence-corrected chi connectivity index (χ1v) is 8.53. The number of nitro groups is 1. The van der Waals surface area contributed by atoms with Crippen LogP contribution in [0.5, 0.6) is 0 Å². The van der Waals surface area contributed by atoms with Crippen LogP contribution in [0, 0.1) is 22.0 Å². The van der Waals surface area contributed by atoms with Crippen LogP contribution in [0.3, 0.4) is 0 Å². The Balaban J connectivity index is 1.77. The zero-order chi connectivity index (χ0) is 18.9. The molecule has 9 heteroatoms. The predicted molar refractivity (Wildman–Crippen MR) is 93.9 cm³/mol. The zero-order valence-corrected chi connectivity index (χ0v) is 14.3. The van der Waals surface area contributed by atoms with E-state index >= 15 is 0 Å². The van der Waals surface area contributed by atoms with Crippen LogP contribution < -0.4 is 10.6 Å². The van der Waals surface area contributed by atoms with Gasteiger partial charge in [-0.05, 0) is 24.8 Å². The van der Waals surface area contributed by atoms with Crippen LogP contribution in [-0.2, 0) is 14.3 Å². The number of nitrogens with zero attached hydrogens (tertiary/aromatic N) is 1. The highest BCUT2D eigenvalue weighted by Crippen LogP contribution is 2.24. The summed E-state index contributed by atoms with van der Waals surface area (Å²) in [5.41, 5.74) is 0.286. The molecule has 0 saturated carbocycles. The third kappa shape index (κ3) is 5.69. The third-order valence-corrected chi connectivity index (χ3v) is 4.44. The molecule has 0 aliphatic carbocycles. The van der Waals surface area contributed by atoms with E-state index in [9.17, 15) is 24.8 Å². The van der Waals surface area contributed by atoms with Crippen molar-refractivity contribution in [2.24, 2.45) is 11.8 Å². The Labute approximate surface area is 150 Å². The van der Waals surface area contributed by atoms with Crippen molar-refractivity contribution < 1.29 is 24.4 Å². The minimum atomic E-state index is -0.921. The summed E-state index contributed by atoms with van der Waals surface area (Å²) in [5.74, 6) is -1.86. The molecule has 1 aliphatic rings. The molecule has 1 unspecified atom stereocenters. The van der Waals surface area contributed by atoms with Crippen LogP contribution in [0.1, 0.15) is 19.3 Å². The van der Waals surface area contributed by atoms with Crippen LogP contribution >= 0.6 is 0 Å². The SMILES string of the molecule is O=C(CCNc1ccccc1[N+](=O)[O-])NCC(C(=O)O)C1CCOCC1. The summed E-state index contributed by atoms with van der Waals surface area (Å²) in [6, 6.07) is 6.19. The maximum atomic E-state index is 12.0. The van der Waals surface area contributed by atoms with Gasteiger partial charge in [-0.15, -0.1) is 0 Å². The summed E-state index contributed by atoms with van der Waals surface area (Å²) < 4.78 is 5.24. The highest BCUT2D eigenvalue weighted by Gasteiger charge is 2.29. The summed E-state index contributed by atoms with van der Waals surface area (Å²) in [6.07, 6.45) is 1.43. The number of carbonyl (C=O) groups excluding carboxylic acids is 1. The summed E-state index contributed by atoms with van der Waals surface area (Å²) in [5, 5.41) is 25.8. The molecule has 0 radical (unpaired) electrons. The van der Waals surface area contributed by atoms with Crippen LogP contribution in [-0.4, -0.2) is 48.2 Å². The van der Waals surface area contributed by atoms with Gasteiger partial charge in [0.2, 0.25) is 5.91 Å². The molecule has 3 N–H and O–H groups in total. The lowest BCUT2D eigenvalue weighted by atomic mass is 9.86. The molecule has 26 heavy (non-hydrogen) atoms. The van der Waals surface area contributed by atoms with E-state index in [4.69, 9.17) is 4.74 Å². The van der Waals surface area contributed by atoms with Gasteiger partial charge in [0.1, 0.15) is 5.69 Å². The van der Waals surface area contributed by atoms with E-state index in [1.165, 1.54) is 6.07 Å². The fourth-order valence-corrected chi connectivity index (χ4v) is 2.98. The number of carboxylic acid groups (broad SMARTS) is 1. The van der Waals surface area contributed by atoms with E-state index in [1.807, 2.05) is 0 Å². The van der Waals surface area contributed by atoms with E-state index in [0.29, 0.717) is 31.7 Å². The lowest BCUT2D eigenvalue weighted by Crippen LogP contribution is -2.39. The molecule has 0 aromatic heterocycles. The molecule has 1 atom stereocenters. The van der Waals surface area contributed by atoms with Gasteiger partial charge >= 0.3 is 5.97 Å². The maximum Gasteiger partial charge on any atom is 0.308 e. The molecular weight excluding hydrogens is 342 g/mol. The number of nitrogens with one attached hydrogen (secondary N) is 2. The summed E-state index contributed by atoms with van der Waals surface area (Å²) in [6.45, 7) is 1.38. The molecule has 1 aromatic rings. The Kier molecular flexibility index (Phi) is 7.34. The number of nitro benzene ring substituents is 1. The highest BCUT2D eigenvalue weighted by atomic mass is 16.6. The lowest BCUT2D eigenvalue weighted by Gasteiger charge is -2.27. The average Bonchev–Trinajstić information content (AvgIpc) is 2.63. The zero-order valence-electron chi connectivity index (χ0n) is 14.3. The van der Waals surface area contributed by atoms with Crippen molar-refractivity contribution in [3.8, 4) is 0 Å². The first-order valence-electron chi connectivity index (χ1n) is 8.53. The first kappa shape index (κ1) is 19.6. The fraction of sp³-hybridized carbons (Fsp3) is 0.529. The molecular formula is C17H23N3O6. The maximum absolute atomic E-state index is 12.0. The van der Waals surface area contributed by atoms with Crippen molar-refractivity contribution in [3.05, 3.63) is 34.4 Å². The van der Waals surface area contributed by atoms with E-state index in [0.717, 1.165) is 0 Å². The number of hydrogen-bond acceptors (Lipinski definition) is 6. The van der Waals surface area contributed by atoms with Crippen LogP contribution in [0.15, 0.2) is 24.3 Å². The van der Waals surface area contributed by atoms with E-state index in [-0.39, 0.29) is 37.0 Å². The minimum Gasteiger partial charge on any atom is -0.481 e. The smallest absolute Gasteiger partial charge is 0.308 e. The van der Waals surface area contributed by atoms with E-state index < -0.39 is 16.8 Å². The van der Waals surface area contributed by atoms with Gasteiger partial charge in [0.25, 0.3) is 5.69 Å². The Bertz CT molecular complexity index is 645. The number of ether oxygens (including phenoxy) is 1. The second-order valence-corrected chi connectivity index (χ2v) is 6.15. The number of carbonyl (C=O) groups is 2. The third-order valence-electron chi connectivity index (χ3n) is 4.44. The number of aliphatic carboxylic acids is 1. The number of carboxylic acids is 1. The molecule has 1 amide bonds. The molecule has 9 nitrogen and oxygen atoms in total. The second-order valence-electron chi connectivity index (χ2n) is 6.15. The summed E-state index contributed by atoms with van der Waals surface area (Å²) in [4.78, 5) is 33.8. The largest absolute Gasteiger partial charge is 0.481 e. The number of benzene rings is 1. The normalized spacial score (nSPS) is 15.8. The van der Waals surface area contributed by atoms with Gasteiger partial charge in [0, 0.05) is 38.8 Å². The van der Waals surface area contributed by atoms with Gasteiger partial charge in [-0.3, -0.25) is 19.7 Å². The molecule has 0 spiro atoms. The van der Waals surface area contributed by atoms with Gasteiger partial charge in [-0.2, -0.15) is 0 Å². The van der Waals surface area contributed by atoms with Gasteiger partial charge < -0.3 is 20.5 Å². The average molecular weight is 365 g/mol. The molecule has 1 aromatic carbocycles. The molecule has 0 bridgehead atoms. The monoisotopic (exact) mass is 365 g/mol. The Morgan fingerprint density at radius 3 is 2.65 bits per heavy atom. The number of anilines is 1. The van der Waals surface area contributed by atoms with Crippen molar-refractivity contribution >= 4 is 23.3 Å². The van der Waals surface area contributed by atoms with Crippen molar-refractivity contribution in [1.29, 1.82) is 0 Å². The Morgan fingerprint density at radius 2 is 2.00 bits per heavy atom.